The second-order valence-corrected chi connectivity index (χ2v) is 8.22. The van der Waals surface area contributed by atoms with Gasteiger partial charge in [-0.1, -0.05) is 27.7 Å². The molecule has 0 aliphatic carbocycles. The van der Waals surface area contributed by atoms with Crippen LogP contribution in [0.2, 0.25) is 0 Å². The van der Waals surface area contributed by atoms with Crippen LogP contribution in [-0.2, 0) is 20.9 Å². The smallest absolute Gasteiger partial charge is 0.328 e. The van der Waals surface area contributed by atoms with Gasteiger partial charge in [0.2, 0.25) is 5.91 Å². The summed E-state index contributed by atoms with van der Waals surface area (Å²) in [4.78, 5) is 33.8. The molecule has 0 radical (unpaired) electrons. The zero-order valence-electron chi connectivity index (χ0n) is 17.8. The van der Waals surface area contributed by atoms with E-state index in [1.165, 1.54) is 0 Å². The standard InChI is InChI=1S/C21H32N4O3/c1-7-28-19(26)16(12-14(2)3)24-20(27)21(5,6)9-11-25-15(4)23-17-13-22-10-8-18(17)25/h8,10,13-14,16H,7,9,11-12H2,1-6H3,(H,24,27)/t16-/m0/s1. The first kappa shape index (κ1) is 21.9. The number of nitrogens with zero attached hydrogens (tertiary/aromatic N) is 3. The summed E-state index contributed by atoms with van der Waals surface area (Å²) in [6.07, 6.45) is 4.66. The van der Waals surface area contributed by atoms with Gasteiger partial charge < -0.3 is 14.6 Å². The molecule has 154 valence electrons. The highest BCUT2D eigenvalue weighted by molar-refractivity contribution is 5.87. The van der Waals surface area contributed by atoms with Gasteiger partial charge >= 0.3 is 5.97 Å². The molecule has 2 aromatic rings. The number of amides is 1. The van der Waals surface area contributed by atoms with Crippen molar-refractivity contribution in [3.8, 4) is 0 Å². The molecule has 7 nitrogen and oxygen atoms in total. The Kier molecular flexibility index (Phi) is 7.16. The Morgan fingerprint density at radius 1 is 1.32 bits per heavy atom. The van der Waals surface area contributed by atoms with E-state index in [9.17, 15) is 9.59 Å². The molecule has 0 saturated carbocycles. The normalized spacial score (nSPS) is 13.0. The highest BCUT2D eigenvalue weighted by Gasteiger charge is 2.32. The second-order valence-electron chi connectivity index (χ2n) is 8.22. The van der Waals surface area contributed by atoms with E-state index in [0.29, 0.717) is 26.0 Å². The number of hydrogen-bond acceptors (Lipinski definition) is 5. The molecule has 0 saturated heterocycles. The Morgan fingerprint density at radius 3 is 2.68 bits per heavy atom. The lowest BCUT2D eigenvalue weighted by Gasteiger charge is -2.27. The van der Waals surface area contributed by atoms with Gasteiger partial charge in [-0.15, -0.1) is 0 Å². The fourth-order valence-electron chi connectivity index (χ4n) is 3.17. The minimum Gasteiger partial charge on any atom is -0.464 e. The van der Waals surface area contributed by atoms with Crippen molar-refractivity contribution in [2.75, 3.05) is 6.61 Å². The van der Waals surface area contributed by atoms with Crippen molar-refractivity contribution in [3.05, 3.63) is 24.3 Å². The number of imidazole rings is 1. The lowest BCUT2D eigenvalue weighted by atomic mass is 9.87. The molecule has 2 aromatic heterocycles. The molecule has 0 spiro atoms. The van der Waals surface area contributed by atoms with Crippen LogP contribution >= 0.6 is 0 Å². The number of pyridine rings is 1. The third-order valence-electron chi connectivity index (χ3n) is 4.90. The van der Waals surface area contributed by atoms with Gasteiger partial charge in [0.25, 0.3) is 0 Å². The molecule has 0 aromatic carbocycles. The predicted octanol–water partition coefficient (Wildman–Crippen LogP) is 3.25. The summed E-state index contributed by atoms with van der Waals surface area (Å²) in [6, 6.07) is 1.32. The monoisotopic (exact) mass is 388 g/mol. The molecule has 1 atom stereocenters. The molecule has 7 heteroatoms. The van der Waals surface area contributed by atoms with Crippen LogP contribution in [0.5, 0.6) is 0 Å². The van der Waals surface area contributed by atoms with Crippen LogP contribution in [0.4, 0.5) is 0 Å². The van der Waals surface area contributed by atoms with Crippen molar-refractivity contribution in [2.24, 2.45) is 11.3 Å². The van der Waals surface area contributed by atoms with Crippen LogP contribution in [0.25, 0.3) is 11.0 Å². The Hall–Kier alpha value is -2.44. The summed E-state index contributed by atoms with van der Waals surface area (Å²) in [6.45, 7) is 12.5. The van der Waals surface area contributed by atoms with Crippen molar-refractivity contribution in [1.29, 1.82) is 0 Å². The molecule has 1 N–H and O–H groups in total. The summed E-state index contributed by atoms with van der Waals surface area (Å²) in [7, 11) is 0. The Labute approximate surface area is 166 Å². The maximum absolute atomic E-state index is 12.9. The molecule has 1 amide bonds. The highest BCUT2D eigenvalue weighted by Crippen LogP contribution is 2.25. The Morgan fingerprint density at radius 2 is 2.04 bits per heavy atom. The number of ether oxygens (including phenoxy) is 1. The lowest BCUT2D eigenvalue weighted by Crippen LogP contribution is -2.48. The number of rotatable bonds is 9. The van der Waals surface area contributed by atoms with Crippen LogP contribution in [0.3, 0.4) is 0 Å². The minimum absolute atomic E-state index is 0.144. The average Bonchev–Trinajstić information content (AvgIpc) is 2.94. The van der Waals surface area contributed by atoms with Gasteiger partial charge in [0.05, 0.1) is 18.3 Å². The summed E-state index contributed by atoms with van der Waals surface area (Å²) < 4.78 is 7.23. The van der Waals surface area contributed by atoms with Crippen LogP contribution in [-0.4, -0.2) is 39.1 Å². The van der Waals surface area contributed by atoms with E-state index in [1.54, 1.807) is 19.3 Å². The van der Waals surface area contributed by atoms with E-state index >= 15 is 0 Å². The van der Waals surface area contributed by atoms with Gasteiger partial charge in [0.1, 0.15) is 17.4 Å². The zero-order valence-corrected chi connectivity index (χ0v) is 17.8. The number of hydrogen-bond donors (Lipinski definition) is 1. The van der Waals surface area contributed by atoms with Crippen LogP contribution in [0.1, 0.15) is 53.3 Å². The fraction of sp³-hybridized carbons (Fsp3) is 0.619. The van der Waals surface area contributed by atoms with Crippen molar-refractivity contribution >= 4 is 22.9 Å². The van der Waals surface area contributed by atoms with Gasteiger partial charge in [-0.05, 0) is 38.7 Å². The third kappa shape index (κ3) is 5.30. The van der Waals surface area contributed by atoms with Crippen LogP contribution in [0.15, 0.2) is 18.5 Å². The first-order valence-corrected chi connectivity index (χ1v) is 9.90. The van der Waals surface area contributed by atoms with Gasteiger partial charge in [-0.25, -0.2) is 9.78 Å². The van der Waals surface area contributed by atoms with E-state index in [4.69, 9.17) is 4.74 Å². The number of aromatic nitrogens is 3. The molecular weight excluding hydrogens is 356 g/mol. The second kappa shape index (κ2) is 9.17. The van der Waals surface area contributed by atoms with Gasteiger partial charge in [0.15, 0.2) is 0 Å². The Bertz CT molecular complexity index is 826. The SMILES string of the molecule is CCOC(=O)[C@H](CC(C)C)NC(=O)C(C)(C)CCn1c(C)nc2cnccc21. The molecule has 0 unspecified atom stereocenters. The molecule has 0 aliphatic rings. The minimum atomic E-state index is -0.641. The summed E-state index contributed by atoms with van der Waals surface area (Å²) in [5, 5.41) is 2.91. The molecule has 2 rings (SSSR count). The van der Waals surface area contributed by atoms with Crippen molar-refractivity contribution < 1.29 is 14.3 Å². The largest absolute Gasteiger partial charge is 0.464 e. The van der Waals surface area contributed by atoms with Crippen LogP contribution < -0.4 is 5.32 Å². The van der Waals surface area contributed by atoms with Gasteiger partial charge in [0, 0.05) is 18.2 Å². The van der Waals surface area contributed by atoms with E-state index < -0.39 is 11.5 Å². The number of aryl methyl sites for hydroxylation is 2. The number of carbonyl (C=O) groups excluding carboxylic acids is 2. The summed E-state index contributed by atoms with van der Waals surface area (Å²) in [5.41, 5.74) is 1.21. The van der Waals surface area contributed by atoms with E-state index in [2.05, 4.69) is 19.9 Å². The van der Waals surface area contributed by atoms with Crippen molar-refractivity contribution in [3.63, 3.8) is 0 Å². The zero-order chi connectivity index (χ0) is 20.9. The molecular formula is C21H32N4O3. The van der Waals surface area contributed by atoms with Gasteiger partial charge in [-0.2, -0.15) is 0 Å². The van der Waals surface area contributed by atoms with Crippen molar-refractivity contribution in [2.45, 2.75) is 67.0 Å². The summed E-state index contributed by atoms with van der Waals surface area (Å²) >= 11 is 0. The third-order valence-corrected chi connectivity index (χ3v) is 4.90. The molecule has 0 bridgehead atoms. The van der Waals surface area contributed by atoms with E-state index in [0.717, 1.165) is 16.9 Å². The van der Waals surface area contributed by atoms with Gasteiger partial charge in [-0.3, -0.25) is 9.78 Å². The Balaban J connectivity index is 2.08. The maximum Gasteiger partial charge on any atom is 0.328 e. The van der Waals surface area contributed by atoms with E-state index in [-0.39, 0.29) is 17.8 Å². The first-order valence-electron chi connectivity index (χ1n) is 9.90. The number of fused-ring (bicyclic) bond motifs is 1. The predicted molar refractivity (Wildman–Crippen MR) is 109 cm³/mol. The average molecular weight is 389 g/mol. The quantitative estimate of drug-likeness (QED) is 0.667. The summed E-state index contributed by atoms with van der Waals surface area (Å²) in [5.74, 6) is 0.647. The molecule has 2 heterocycles. The highest BCUT2D eigenvalue weighted by atomic mass is 16.5. The number of nitrogens with one attached hydrogen (secondary N) is 1. The molecule has 0 aliphatic heterocycles. The lowest BCUT2D eigenvalue weighted by molar-refractivity contribution is -0.149. The van der Waals surface area contributed by atoms with E-state index in [1.807, 2.05) is 40.7 Å². The maximum atomic E-state index is 12.9. The molecule has 0 fully saturated rings. The van der Waals surface area contributed by atoms with Crippen LogP contribution in [0, 0.1) is 18.3 Å². The number of carbonyl (C=O) groups is 2. The first-order chi connectivity index (χ1) is 13.2. The van der Waals surface area contributed by atoms with Crippen molar-refractivity contribution in [1.82, 2.24) is 19.9 Å². The molecule has 28 heavy (non-hydrogen) atoms. The fourth-order valence-corrected chi connectivity index (χ4v) is 3.17. The number of esters is 1. The topological polar surface area (TPSA) is 86.1 Å².